The lowest BCUT2D eigenvalue weighted by molar-refractivity contribution is -0.151. The minimum atomic E-state index is -1.01. The molecule has 0 saturated carbocycles. The lowest BCUT2D eigenvalue weighted by atomic mass is 9.79. The third-order valence-electron chi connectivity index (χ3n) is 4.69. The Kier molecular flexibility index (Phi) is 6.78. The van der Waals surface area contributed by atoms with Crippen molar-refractivity contribution in [1.29, 1.82) is 0 Å². The Morgan fingerprint density at radius 1 is 1.00 bits per heavy atom. The fraction of sp³-hybridized carbons (Fsp3) is 0.333. The molecule has 0 aliphatic rings. The number of carbonyl (C=O) groups is 2. The number of carboxylic acids is 1. The topological polar surface area (TPSA) is 75.6 Å². The minimum absolute atomic E-state index is 0.0401. The summed E-state index contributed by atoms with van der Waals surface area (Å²) in [5.74, 6) is -0.523. The number of carbonyl (C=O) groups excluding carboxylic acids is 1. The number of carboxylic acid groups (broad SMARTS) is 1. The molecule has 138 valence electrons. The molecule has 0 unspecified atom stereocenters. The van der Waals surface area contributed by atoms with Crippen molar-refractivity contribution in [2.75, 3.05) is 5.32 Å². The van der Waals surface area contributed by atoms with Crippen LogP contribution < -0.4 is 10.1 Å². The molecule has 0 aromatic heterocycles. The van der Waals surface area contributed by atoms with Gasteiger partial charge in [-0.1, -0.05) is 44.2 Å². The van der Waals surface area contributed by atoms with Gasteiger partial charge in [0.2, 0.25) is 5.91 Å². The number of benzene rings is 2. The van der Waals surface area contributed by atoms with Gasteiger partial charge in [0.15, 0.2) is 0 Å². The summed E-state index contributed by atoms with van der Waals surface area (Å²) in [4.78, 5) is 23.7. The van der Waals surface area contributed by atoms with Crippen LogP contribution in [0.4, 0.5) is 5.69 Å². The van der Waals surface area contributed by atoms with E-state index in [2.05, 4.69) is 5.32 Å². The summed E-state index contributed by atoms with van der Waals surface area (Å²) in [6, 6.07) is 16.9. The van der Waals surface area contributed by atoms with E-state index in [0.717, 1.165) is 5.56 Å². The molecule has 5 nitrogen and oxygen atoms in total. The lowest BCUT2D eigenvalue weighted by Crippen LogP contribution is -2.34. The number of hydrogen-bond donors (Lipinski definition) is 2. The van der Waals surface area contributed by atoms with E-state index < -0.39 is 11.4 Å². The number of rotatable bonds is 9. The van der Waals surface area contributed by atoms with Crippen molar-refractivity contribution in [2.45, 2.75) is 39.7 Å². The Balaban J connectivity index is 1.92. The number of aliphatic carboxylic acids is 1. The van der Waals surface area contributed by atoms with Crippen LogP contribution in [0.15, 0.2) is 54.6 Å². The standard InChI is InChI=1S/C21H25NO4/c1-3-21(4-2,20(24)25)14-19(23)22-17-10-12-18(13-11-17)26-15-16-8-6-5-7-9-16/h5-13H,3-4,14-15H2,1-2H3,(H,22,23)(H,24,25). The van der Waals surface area contributed by atoms with E-state index in [0.29, 0.717) is 30.9 Å². The lowest BCUT2D eigenvalue weighted by Gasteiger charge is -2.25. The number of anilines is 1. The second-order valence-corrected chi connectivity index (χ2v) is 6.32. The largest absolute Gasteiger partial charge is 0.489 e. The highest BCUT2D eigenvalue weighted by atomic mass is 16.5. The van der Waals surface area contributed by atoms with Crippen molar-refractivity contribution >= 4 is 17.6 Å². The zero-order chi connectivity index (χ0) is 19.0. The third kappa shape index (κ3) is 5.09. The Morgan fingerprint density at radius 3 is 2.15 bits per heavy atom. The molecule has 0 radical (unpaired) electrons. The summed E-state index contributed by atoms with van der Waals surface area (Å²) in [6.45, 7) is 4.06. The van der Waals surface area contributed by atoms with Gasteiger partial charge in [0.05, 0.1) is 5.41 Å². The molecule has 0 fully saturated rings. The van der Waals surface area contributed by atoms with E-state index in [9.17, 15) is 14.7 Å². The molecular weight excluding hydrogens is 330 g/mol. The van der Waals surface area contributed by atoms with Crippen molar-refractivity contribution in [3.8, 4) is 5.75 Å². The maximum absolute atomic E-state index is 12.2. The van der Waals surface area contributed by atoms with Gasteiger partial charge in [-0.3, -0.25) is 9.59 Å². The Hall–Kier alpha value is -2.82. The van der Waals surface area contributed by atoms with Gasteiger partial charge in [-0.15, -0.1) is 0 Å². The first kappa shape index (κ1) is 19.5. The fourth-order valence-electron chi connectivity index (χ4n) is 2.77. The molecular formula is C21H25NO4. The molecule has 2 N–H and O–H groups in total. The van der Waals surface area contributed by atoms with Crippen LogP contribution in [-0.2, 0) is 16.2 Å². The quantitative estimate of drug-likeness (QED) is 0.695. The molecule has 0 bridgehead atoms. The molecule has 26 heavy (non-hydrogen) atoms. The first-order valence-electron chi connectivity index (χ1n) is 8.79. The average molecular weight is 355 g/mol. The first-order chi connectivity index (χ1) is 12.5. The maximum Gasteiger partial charge on any atom is 0.310 e. The van der Waals surface area contributed by atoms with Crippen LogP contribution in [0.3, 0.4) is 0 Å². The van der Waals surface area contributed by atoms with E-state index in [1.807, 2.05) is 30.3 Å². The van der Waals surface area contributed by atoms with Gasteiger partial charge in [0.25, 0.3) is 0 Å². The van der Waals surface area contributed by atoms with E-state index in [1.165, 1.54) is 0 Å². The Bertz CT molecular complexity index is 721. The summed E-state index contributed by atoms with van der Waals surface area (Å²) in [7, 11) is 0. The van der Waals surface area contributed by atoms with Gasteiger partial charge in [0.1, 0.15) is 12.4 Å². The molecule has 2 aromatic carbocycles. The van der Waals surface area contributed by atoms with Gasteiger partial charge < -0.3 is 15.2 Å². The van der Waals surface area contributed by atoms with E-state index in [1.54, 1.807) is 38.1 Å². The molecule has 5 heteroatoms. The van der Waals surface area contributed by atoms with Crippen LogP contribution in [0.1, 0.15) is 38.7 Å². The number of hydrogen-bond acceptors (Lipinski definition) is 3. The van der Waals surface area contributed by atoms with Gasteiger partial charge in [0, 0.05) is 12.1 Å². The van der Waals surface area contributed by atoms with E-state index >= 15 is 0 Å². The summed E-state index contributed by atoms with van der Waals surface area (Å²) < 4.78 is 5.71. The van der Waals surface area contributed by atoms with Crippen molar-refractivity contribution < 1.29 is 19.4 Å². The Labute approximate surface area is 154 Å². The van der Waals surface area contributed by atoms with Gasteiger partial charge in [-0.2, -0.15) is 0 Å². The molecule has 0 atom stereocenters. The highest BCUT2D eigenvalue weighted by Gasteiger charge is 2.37. The van der Waals surface area contributed by atoms with Crippen molar-refractivity contribution in [2.24, 2.45) is 5.41 Å². The zero-order valence-corrected chi connectivity index (χ0v) is 15.2. The predicted octanol–water partition coefficient (Wildman–Crippen LogP) is 4.49. The Morgan fingerprint density at radius 2 is 1.62 bits per heavy atom. The van der Waals surface area contributed by atoms with Gasteiger partial charge in [-0.25, -0.2) is 0 Å². The summed E-state index contributed by atoms with van der Waals surface area (Å²) in [5, 5.41) is 12.2. The van der Waals surface area contributed by atoms with Crippen LogP contribution in [0.5, 0.6) is 5.75 Å². The van der Waals surface area contributed by atoms with Crippen LogP contribution in [0.2, 0.25) is 0 Å². The molecule has 0 spiro atoms. The number of nitrogens with one attached hydrogen (secondary N) is 1. The van der Waals surface area contributed by atoms with Gasteiger partial charge >= 0.3 is 5.97 Å². The van der Waals surface area contributed by atoms with Crippen LogP contribution >= 0.6 is 0 Å². The summed E-state index contributed by atoms with van der Waals surface area (Å²) in [6.07, 6.45) is 0.790. The average Bonchev–Trinajstić information content (AvgIpc) is 2.66. The number of amides is 1. The van der Waals surface area contributed by atoms with Crippen molar-refractivity contribution in [3.05, 3.63) is 60.2 Å². The molecule has 0 aliphatic heterocycles. The minimum Gasteiger partial charge on any atom is -0.489 e. The van der Waals surface area contributed by atoms with Crippen molar-refractivity contribution in [3.63, 3.8) is 0 Å². The highest BCUT2D eigenvalue weighted by molar-refractivity contribution is 5.94. The fourth-order valence-corrected chi connectivity index (χ4v) is 2.77. The summed E-state index contributed by atoms with van der Waals surface area (Å²) >= 11 is 0. The smallest absolute Gasteiger partial charge is 0.310 e. The second kappa shape index (κ2) is 9.04. The number of ether oxygens (including phenoxy) is 1. The maximum atomic E-state index is 12.2. The third-order valence-corrected chi connectivity index (χ3v) is 4.69. The molecule has 0 aliphatic carbocycles. The van der Waals surface area contributed by atoms with Crippen LogP contribution in [-0.4, -0.2) is 17.0 Å². The molecule has 2 aromatic rings. The monoisotopic (exact) mass is 355 g/mol. The first-order valence-corrected chi connectivity index (χ1v) is 8.79. The zero-order valence-electron chi connectivity index (χ0n) is 15.2. The molecule has 0 saturated heterocycles. The van der Waals surface area contributed by atoms with Crippen molar-refractivity contribution in [1.82, 2.24) is 0 Å². The highest BCUT2D eigenvalue weighted by Crippen LogP contribution is 2.31. The van der Waals surface area contributed by atoms with E-state index in [-0.39, 0.29) is 12.3 Å². The molecule has 0 heterocycles. The molecule has 1 amide bonds. The second-order valence-electron chi connectivity index (χ2n) is 6.32. The normalized spacial score (nSPS) is 11.0. The van der Waals surface area contributed by atoms with Crippen LogP contribution in [0, 0.1) is 5.41 Å². The summed E-state index contributed by atoms with van der Waals surface area (Å²) in [5.41, 5.74) is 0.686. The SMILES string of the molecule is CCC(CC)(CC(=O)Nc1ccc(OCc2ccccc2)cc1)C(=O)O. The van der Waals surface area contributed by atoms with Gasteiger partial charge in [-0.05, 0) is 42.7 Å². The molecule has 2 rings (SSSR count). The predicted molar refractivity (Wildman–Crippen MR) is 101 cm³/mol. The van der Waals surface area contributed by atoms with Crippen LogP contribution in [0.25, 0.3) is 0 Å². The van der Waals surface area contributed by atoms with E-state index in [4.69, 9.17) is 4.74 Å².